The van der Waals surface area contributed by atoms with Gasteiger partial charge in [-0.15, -0.1) is 0 Å². The molecule has 1 fully saturated rings. The van der Waals surface area contributed by atoms with Crippen LogP contribution in [0, 0.1) is 0 Å². The molecule has 1 unspecified atom stereocenters. The second-order valence-corrected chi connectivity index (χ2v) is 9.34. The van der Waals surface area contributed by atoms with Crippen molar-refractivity contribution >= 4 is 0 Å². The van der Waals surface area contributed by atoms with E-state index in [9.17, 15) is 0 Å². The Labute approximate surface area is 172 Å². The van der Waals surface area contributed by atoms with E-state index in [2.05, 4.69) is 13.8 Å². The van der Waals surface area contributed by atoms with E-state index >= 15 is 0 Å². The number of hydrogen-bond donors (Lipinski definition) is 0. The molecule has 0 saturated carbocycles. The zero-order chi connectivity index (χ0) is 19.5. The Morgan fingerprint density at radius 1 is 0.444 bits per heavy atom. The number of rotatable bonds is 22. The zero-order valence-corrected chi connectivity index (χ0v) is 19.2. The molecule has 0 aliphatic carbocycles. The lowest BCUT2D eigenvalue weighted by atomic mass is 9.94. The van der Waals surface area contributed by atoms with Crippen LogP contribution in [0.4, 0.5) is 0 Å². The summed E-state index contributed by atoms with van der Waals surface area (Å²) >= 11 is 0. The van der Waals surface area contributed by atoms with E-state index < -0.39 is 0 Å². The predicted octanol–water partition coefficient (Wildman–Crippen LogP) is 9.38. The molecule has 1 heteroatoms. The van der Waals surface area contributed by atoms with Gasteiger partial charge < -0.3 is 4.74 Å². The molecule has 1 aliphatic rings. The predicted molar refractivity (Wildman–Crippen MR) is 122 cm³/mol. The number of ether oxygens (including phenoxy) is 1. The second-order valence-electron chi connectivity index (χ2n) is 9.34. The van der Waals surface area contributed by atoms with Gasteiger partial charge in [-0.05, 0) is 12.8 Å². The molecule has 1 nitrogen and oxygen atoms in total. The fourth-order valence-corrected chi connectivity index (χ4v) is 4.38. The third kappa shape index (κ3) is 15.5. The summed E-state index contributed by atoms with van der Waals surface area (Å²) in [5.74, 6) is 0. The maximum atomic E-state index is 5.86. The van der Waals surface area contributed by atoms with Gasteiger partial charge in [0.15, 0.2) is 0 Å². The van der Waals surface area contributed by atoms with E-state index in [4.69, 9.17) is 4.74 Å². The van der Waals surface area contributed by atoms with Gasteiger partial charge in [0, 0.05) is 0 Å². The van der Waals surface area contributed by atoms with Gasteiger partial charge in [0.25, 0.3) is 0 Å². The Hall–Kier alpha value is -0.0400. The van der Waals surface area contributed by atoms with E-state index in [-0.39, 0.29) is 0 Å². The molecular formula is C26H52O. The minimum absolute atomic E-state index is 0.334. The highest BCUT2D eigenvalue weighted by Gasteiger charge is 2.42. The van der Waals surface area contributed by atoms with Gasteiger partial charge in [0.1, 0.15) is 0 Å². The van der Waals surface area contributed by atoms with Gasteiger partial charge in [0.2, 0.25) is 0 Å². The monoisotopic (exact) mass is 380 g/mol. The third-order valence-corrected chi connectivity index (χ3v) is 6.52. The van der Waals surface area contributed by atoms with Gasteiger partial charge in [-0.2, -0.15) is 0 Å². The molecular weight excluding hydrogens is 328 g/mol. The summed E-state index contributed by atoms with van der Waals surface area (Å²) < 4.78 is 5.86. The Morgan fingerprint density at radius 3 is 0.963 bits per heavy atom. The SMILES string of the molecule is CCCCCCCCCCCCCC1(CCCCCCCCCCC)CO1. The molecule has 27 heavy (non-hydrogen) atoms. The maximum Gasteiger partial charge on any atom is 0.0916 e. The van der Waals surface area contributed by atoms with Crippen molar-refractivity contribution in [3.8, 4) is 0 Å². The van der Waals surface area contributed by atoms with E-state index in [1.165, 1.54) is 141 Å². The first-order chi connectivity index (χ1) is 13.3. The van der Waals surface area contributed by atoms with Crippen molar-refractivity contribution in [1.82, 2.24) is 0 Å². The summed E-state index contributed by atoms with van der Waals surface area (Å²) in [5.41, 5.74) is 0.334. The largest absolute Gasteiger partial charge is 0.370 e. The maximum absolute atomic E-state index is 5.86. The molecule has 1 heterocycles. The van der Waals surface area contributed by atoms with Gasteiger partial charge in [0.05, 0.1) is 12.2 Å². The lowest BCUT2D eigenvalue weighted by molar-refractivity contribution is 0.260. The molecule has 0 spiro atoms. The molecule has 0 N–H and O–H groups in total. The van der Waals surface area contributed by atoms with Crippen LogP contribution < -0.4 is 0 Å². The first kappa shape index (κ1) is 25.0. The standard InChI is InChI=1S/C26H52O/c1-3-5-7-9-11-13-14-16-18-20-22-24-26(25-27-26)23-21-19-17-15-12-10-8-6-4-2/h3-25H2,1-2H3. The lowest BCUT2D eigenvalue weighted by Crippen LogP contribution is -2.10. The summed E-state index contributed by atoms with van der Waals surface area (Å²) in [4.78, 5) is 0. The van der Waals surface area contributed by atoms with E-state index in [0.29, 0.717) is 5.60 Å². The van der Waals surface area contributed by atoms with Crippen LogP contribution in [-0.4, -0.2) is 12.2 Å². The quantitative estimate of drug-likeness (QED) is 0.135. The Balaban J connectivity index is 1.79. The normalized spacial score (nSPS) is 18.9. The lowest BCUT2D eigenvalue weighted by Gasteiger charge is -2.11. The summed E-state index contributed by atoms with van der Waals surface area (Å²) in [6, 6.07) is 0. The van der Waals surface area contributed by atoms with E-state index in [0.717, 1.165) is 6.61 Å². The van der Waals surface area contributed by atoms with Crippen LogP contribution in [0.1, 0.15) is 155 Å². The van der Waals surface area contributed by atoms with E-state index in [1.807, 2.05) is 0 Å². The summed E-state index contributed by atoms with van der Waals surface area (Å²) in [7, 11) is 0. The van der Waals surface area contributed by atoms with Gasteiger partial charge >= 0.3 is 0 Å². The van der Waals surface area contributed by atoms with Gasteiger partial charge in [-0.25, -0.2) is 0 Å². The summed E-state index contributed by atoms with van der Waals surface area (Å²) in [6.07, 6.45) is 31.4. The van der Waals surface area contributed by atoms with Crippen molar-refractivity contribution in [2.45, 2.75) is 161 Å². The van der Waals surface area contributed by atoms with Gasteiger partial charge in [-0.1, -0.05) is 142 Å². The van der Waals surface area contributed by atoms with Crippen LogP contribution in [0.25, 0.3) is 0 Å². The van der Waals surface area contributed by atoms with Crippen molar-refractivity contribution < 1.29 is 4.74 Å². The fraction of sp³-hybridized carbons (Fsp3) is 1.00. The third-order valence-electron chi connectivity index (χ3n) is 6.52. The molecule has 0 amide bonds. The molecule has 162 valence electrons. The molecule has 0 aromatic rings. The molecule has 0 bridgehead atoms. The minimum Gasteiger partial charge on any atom is -0.370 e. The fourth-order valence-electron chi connectivity index (χ4n) is 4.38. The highest BCUT2D eigenvalue weighted by molar-refractivity contribution is 4.91. The first-order valence-corrected chi connectivity index (χ1v) is 13.0. The van der Waals surface area contributed by atoms with Crippen molar-refractivity contribution in [2.24, 2.45) is 0 Å². The average Bonchev–Trinajstić information content (AvgIpc) is 3.45. The molecule has 0 aromatic carbocycles. The van der Waals surface area contributed by atoms with Crippen LogP contribution in [0.5, 0.6) is 0 Å². The minimum atomic E-state index is 0.334. The summed E-state index contributed by atoms with van der Waals surface area (Å²) in [6.45, 7) is 5.65. The molecule has 0 aromatic heterocycles. The Kier molecular flexibility index (Phi) is 16.7. The van der Waals surface area contributed by atoms with Crippen LogP contribution >= 0.6 is 0 Å². The number of epoxide rings is 1. The van der Waals surface area contributed by atoms with Gasteiger partial charge in [-0.3, -0.25) is 0 Å². The smallest absolute Gasteiger partial charge is 0.0916 e. The van der Waals surface area contributed by atoms with Crippen LogP contribution in [0.3, 0.4) is 0 Å². The average molecular weight is 381 g/mol. The Morgan fingerprint density at radius 2 is 0.704 bits per heavy atom. The van der Waals surface area contributed by atoms with Crippen molar-refractivity contribution in [3.05, 3.63) is 0 Å². The molecule has 1 rings (SSSR count). The molecule has 0 radical (unpaired) electrons. The van der Waals surface area contributed by atoms with Crippen LogP contribution in [0.15, 0.2) is 0 Å². The Bertz CT molecular complexity index is 295. The second kappa shape index (κ2) is 18.0. The zero-order valence-electron chi connectivity index (χ0n) is 19.2. The topological polar surface area (TPSA) is 12.5 Å². The van der Waals surface area contributed by atoms with Crippen LogP contribution in [0.2, 0.25) is 0 Å². The van der Waals surface area contributed by atoms with Crippen molar-refractivity contribution in [2.75, 3.05) is 6.61 Å². The number of hydrogen-bond acceptors (Lipinski definition) is 1. The molecule has 1 saturated heterocycles. The molecule has 1 aliphatic heterocycles. The summed E-state index contributed by atoms with van der Waals surface area (Å²) in [5, 5.41) is 0. The van der Waals surface area contributed by atoms with Crippen LogP contribution in [-0.2, 0) is 4.74 Å². The van der Waals surface area contributed by atoms with Crippen molar-refractivity contribution in [1.29, 1.82) is 0 Å². The molecule has 1 atom stereocenters. The number of unbranched alkanes of at least 4 members (excludes halogenated alkanes) is 18. The first-order valence-electron chi connectivity index (χ1n) is 13.0. The highest BCUT2D eigenvalue weighted by Crippen LogP contribution is 2.38. The highest BCUT2D eigenvalue weighted by atomic mass is 16.6. The van der Waals surface area contributed by atoms with Crippen molar-refractivity contribution in [3.63, 3.8) is 0 Å². The van der Waals surface area contributed by atoms with E-state index in [1.54, 1.807) is 0 Å².